The molecule has 4 bridgehead atoms. The Morgan fingerprint density at radius 2 is 1.69 bits per heavy atom. The SMILES string of the molecule is CC(NC(=O)OC1C2CC3CC(C2)CC1C3)(C(=O)O)c1cc2c3ccccc3n(S(C)(=O)=O)c2cn1. The fraction of sp³-hybridized carbons (Fsp3) is 0.500. The lowest BCUT2D eigenvalue weighted by Crippen LogP contribution is -2.54. The zero-order valence-corrected chi connectivity index (χ0v) is 21.0. The van der Waals surface area contributed by atoms with E-state index in [1.165, 1.54) is 29.6 Å². The maximum atomic E-state index is 13.0. The molecule has 4 aliphatic rings. The first-order chi connectivity index (χ1) is 17.0. The first-order valence-electron chi connectivity index (χ1n) is 12.4. The molecule has 190 valence electrons. The van der Waals surface area contributed by atoms with Crippen LogP contribution in [0.15, 0.2) is 36.5 Å². The van der Waals surface area contributed by atoms with E-state index in [0.717, 1.165) is 43.8 Å². The van der Waals surface area contributed by atoms with Gasteiger partial charge in [0, 0.05) is 10.8 Å². The number of benzene rings is 1. The minimum atomic E-state index is -3.65. The summed E-state index contributed by atoms with van der Waals surface area (Å²) in [4.78, 5) is 29.8. The van der Waals surface area contributed by atoms with Gasteiger partial charge in [0.05, 0.1) is 29.2 Å². The van der Waals surface area contributed by atoms with Crippen molar-refractivity contribution in [2.45, 2.75) is 50.7 Å². The molecule has 1 atom stereocenters. The molecule has 4 fully saturated rings. The van der Waals surface area contributed by atoms with Gasteiger partial charge in [-0.3, -0.25) is 4.98 Å². The Hall–Kier alpha value is -3.14. The lowest BCUT2D eigenvalue weighted by molar-refractivity contribution is -0.145. The third-order valence-electron chi connectivity index (χ3n) is 8.52. The zero-order valence-electron chi connectivity index (χ0n) is 20.2. The highest BCUT2D eigenvalue weighted by molar-refractivity contribution is 7.89. The lowest BCUT2D eigenvalue weighted by Gasteiger charge is -2.53. The van der Waals surface area contributed by atoms with Crippen LogP contribution in [0.3, 0.4) is 0 Å². The van der Waals surface area contributed by atoms with Crippen LogP contribution < -0.4 is 5.32 Å². The number of rotatable bonds is 5. The van der Waals surface area contributed by atoms with Gasteiger partial charge in [0.2, 0.25) is 10.0 Å². The number of aromatic nitrogens is 2. The molecule has 4 aliphatic carbocycles. The lowest BCUT2D eigenvalue weighted by atomic mass is 9.55. The highest BCUT2D eigenvalue weighted by Gasteiger charge is 2.50. The Morgan fingerprint density at radius 1 is 1.06 bits per heavy atom. The Kier molecular flexibility index (Phi) is 5.13. The fourth-order valence-electron chi connectivity index (χ4n) is 7.12. The molecule has 2 aromatic heterocycles. The van der Waals surface area contributed by atoms with Gasteiger partial charge in [-0.2, -0.15) is 0 Å². The van der Waals surface area contributed by atoms with E-state index in [9.17, 15) is 23.1 Å². The highest BCUT2D eigenvalue weighted by atomic mass is 32.2. The molecule has 4 saturated carbocycles. The average molecular weight is 512 g/mol. The van der Waals surface area contributed by atoms with Crippen molar-refractivity contribution in [3.8, 4) is 0 Å². The number of aliphatic carboxylic acids is 1. The van der Waals surface area contributed by atoms with E-state index in [0.29, 0.717) is 33.6 Å². The second-order valence-corrected chi connectivity index (χ2v) is 12.8. The molecule has 2 N–H and O–H groups in total. The number of alkyl carbamates (subject to hydrolysis) is 1. The van der Waals surface area contributed by atoms with E-state index >= 15 is 0 Å². The van der Waals surface area contributed by atoms with Crippen molar-refractivity contribution >= 4 is 43.9 Å². The van der Waals surface area contributed by atoms with Gasteiger partial charge >= 0.3 is 12.1 Å². The molecule has 2 heterocycles. The van der Waals surface area contributed by atoms with Gasteiger partial charge in [-0.25, -0.2) is 22.0 Å². The standard InChI is InChI=1S/C26H29N3O6S/c1-26(24(30)31,28-25(32)35-23-16-8-14-7-15(10-16)11-17(23)9-14)22-12-19-18-5-3-4-6-20(18)29(36(2,33)34)21(19)13-27-22/h3-6,12-17,23H,7-11H2,1-2H3,(H,28,32)(H,30,31). The summed E-state index contributed by atoms with van der Waals surface area (Å²) >= 11 is 0. The number of hydrogen-bond acceptors (Lipinski definition) is 6. The number of fused-ring (bicyclic) bond motifs is 3. The van der Waals surface area contributed by atoms with Crippen LogP contribution in [0.5, 0.6) is 0 Å². The molecule has 7 rings (SSSR count). The number of pyridine rings is 1. The van der Waals surface area contributed by atoms with Crippen molar-refractivity contribution in [1.29, 1.82) is 0 Å². The molecule has 3 aromatic rings. The van der Waals surface area contributed by atoms with Crippen molar-refractivity contribution in [2.24, 2.45) is 23.7 Å². The number of carboxylic acids is 1. The van der Waals surface area contributed by atoms with E-state index in [1.54, 1.807) is 24.3 Å². The van der Waals surface area contributed by atoms with Gasteiger partial charge < -0.3 is 15.2 Å². The quantitative estimate of drug-likeness (QED) is 0.533. The maximum Gasteiger partial charge on any atom is 0.408 e. The van der Waals surface area contributed by atoms with Crippen LogP contribution >= 0.6 is 0 Å². The summed E-state index contributed by atoms with van der Waals surface area (Å²) in [6.45, 7) is 1.37. The van der Waals surface area contributed by atoms with Crippen LogP contribution in [0.2, 0.25) is 0 Å². The molecule has 9 nitrogen and oxygen atoms in total. The molecule has 0 radical (unpaired) electrons. The molecule has 1 aromatic carbocycles. The minimum absolute atomic E-state index is 0.0842. The van der Waals surface area contributed by atoms with Crippen LogP contribution in [0.25, 0.3) is 21.8 Å². The second kappa shape index (κ2) is 7.93. The van der Waals surface area contributed by atoms with Crippen LogP contribution in [-0.2, 0) is 25.1 Å². The van der Waals surface area contributed by atoms with Crippen LogP contribution in [0, 0.1) is 23.7 Å². The Morgan fingerprint density at radius 3 is 2.31 bits per heavy atom. The van der Waals surface area contributed by atoms with Crippen molar-refractivity contribution in [3.05, 3.63) is 42.2 Å². The predicted octanol–water partition coefficient (Wildman–Crippen LogP) is 3.85. The van der Waals surface area contributed by atoms with Crippen molar-refractivity contribution in [2.75, 3.05) is 6.26 Å². The van der Waals surface area contributed by atoms with E-state index in [2.05, 4.69) is 10.3 Å². The van der Waals surface area contributed by atoms with Gasteiger partial charge in [0.15, 0.2) is 5.54 Å². The first kappa shape index (κ1) is 23.3. The van der Waals surface area contributed by atoms with Gasteiger partial charge in [0.1, 0.15) is 6.10 Å². The van der Waals surface area contributed by atoms with Gasteiger partial charge in [-0.05, 0) is 74.8 Å². The van der Waals surface area contributed by atoms with E-state index in [1.807, 2.05) is 0 Å². The third kappa shape index (κ3) is 3.56. The highest BCUT2D eigenvalue weighted by Crippen LogP contribution is 2.54. The number of hydrogen-bond donors (Lipinski definition) is 2. The molecule has 1 unspecified atom stereocenters. The molecule has 0 spiro atoms. The number of nitrogens with one attached hydrogen (secondary N) is 1. The number of para-hydroxylation sites is 1. The summed E-state index contributed by atoms with van der Waals surface area (Å²) in [5.74, 6) is 0.858. The molecule has 1 amide bonds. The largest absolute Gasteiger partial charge is 0.479 e. The van der Waals surface area contributed by atoms with Gasteiger partial charge in [-0.15, -0.1) is 0 Å². The van der Waals surface area contributed by atoms with E-state index in [4.69, 9.17) is 4.74 Å². The van der Waals surface area contributed by atoms with Crippen LogP contribution in [-0.4, -0.2) is 46.9 Å². The average Bonchev–Trinajstić information content (AvgIpc) is 3.15. The van der Waals surface area contributed by atoms with E-state index < -0.39 is 27.6 Å². The van der Waals surface area contributed by atoms with Gasteiger partial charge in [-0.1, -0.05) is 18.2 Å². The van der Waals surface area contributed by atoms with E-state index in [-0.39, 0.29) is 11.8 Å². The summed E-state index contributed by atoms with van der Waals surface area (Å²) in [7, 11) is -3.65. The smallest absolute Gasteiger partial charge is 0.408 e. The Labute approximate surface area is 208 Å². The van der Waals surface area contributed by atoms with Crippen molar-refractivity contribution in [1.82, 2.24) is 14.3 Å². The topological polar surface area (TPSA) is 128 Å². The number of carbonyl (C=O) groups excluding carboxylic acids is 1. The van der Waals surface area contributed by atoms with Crippen molar-refractivity contribution < 1.29 is 27.9 Å². The monoisotopic (exact) mass is 511 g/mol. The maximum absolute atomic E-state index is 13.0. The summed E-state index contributed by atoms with van der Waals surface area (Å²) < 4.78 is 32.1. The molecular formula is C26H29N3O6S. The van der Waals surface area contributed by atoms with Gasteiger partial charge in [0.25, 0.3) is 0 Å². The molecule has 0 saturated heterocycles. The predicted molar refractivity (Wildman–Crippen MR) is 133 cm³/mol. The third-order valence-corrected chi connectivity index (χ3v) is 9.58. The summed E-state index contributed by atoms with van der Waals surface area (Å²) in [6, 6.07) is 8.52. The molecular weight excluding hydrogens is 482 g/mol. The number of carbonyl (C=O) groups is 2. The summed E-state index contributed by atoms with van der Waals surface area (Å²) in [5.41, 5.74) is -0.974. The number of amides is 1. The number of nitrogens with zero attached hydrogens (tertiary/aromatic N) is 2. The minimum Gasteiger partial charge on any atom is -0.479 e. The molecule has 0 aliphatic heterocycles. The molecule has 36 heavy (non-hydrogen) atoms. The van der Waals surface area contributed by atoms with Crippen LogP contribution in [0.1, 0.15) is 44.7 Å². The second-order valence-electron chi connectivity index (χ2n) is 11.0. The zero-order chi connectivity index (χ0) is 25.4. The fourth-order valence-corrected chi connectivity index (χ4v) is 8.14. The number of ether oxygens (including phenoxy) is 1. The number of carboxylic acid groups (broad SMARTS) is 1. The Balaban J connectivity index is 1.34. The summed E-state index contributed by atoms with van der Waals surface area (Å²) in [5, 5.41) is 13.9. The Bertz CT molecular complexity index is 1480. The summed E-state index contributed by atoms with van der Waals surface area (Å²) in [6.07, 6.45) is 7.08. The van der Waals surface area contributed by atoms with Crippen molar-refractivity contribution in [3.63, 3.8) is 0 Å². The molecule has 10 heteroatoms. The normalized spacial score (nSPS) is 28.8. The first-order valence-corrected chi connectivity index (χ1v) is 14.2. The van der Waals surface area contributed by atoms with Crippen LogP contribution in [0.4, 0.5) is 4.79 Å².